The molecule has 2 aliphatic rings. The van der Waals surface area contributed by atoms with E-state index in [0.29, 0.717) is 18.5 Å². The zero-order valence-corrected chi connectivity index (χ0v) is 11.7. The first-order valence-electron chi connectivity index (χ1n) is 7.59. The minimum Gasteiger partial charge on any atom is -0.395 e. The Hall–Kier alpha value is -0.570. The van der Waals surface area contributed by atoms with Crippen molar-refractivity contribution in [1.29, 1.82) is 0 Å². The molecule has 0 spiro atoms. The van der Waals surface area contributed by atoms with E-state index < -0.39 is 0 Å². The summed E-state index contributed by atoms with van der Waals surface area (Å²) in [6.45, 7) is 2.74. The van der Waals surface area contributed by atoms with E-state index >= 15 is 0 Å². The molecule has 0 bridgehead atoms. The fourth-order valence-electron chi connectivity index (χ4n) is 3.67. The van der Waals surface area contributed by atoms with Crippen molar-refractivity contribution in [2.75, 3.05) is 13.2 Å². The van der Waals surface area contributed by atoms with Crippen LogP contribution in [0.2, 0.25) is 0 Å². The second-order valence-corrected chi connectivity index (χ2v) is 6.28. The molecule has 3 heteroatoms. The summed E-state index contributed by atoms with van der Waals surface area (Å²) in [6.07, 6.45) is 10.4. The quantitative estimate of drug-likeness (QED) is 0.837. The lowest BCUT2D eigenvalue weighted by atomic mass is 9.85. The first-order chi connectivity index (χ1) is 8.67. The molecule has 2 rings (SSSR count). The highest BCUT2D eigenvalue weighted by atomic mass is 16.3. The van der Waals surface area contributed by atoms with Gasteiger partial charge in [0.25, 0.3) is 0 Å². The van der Waals surface area contributed by atoms with Crippen LogP contribution >= 0.6 is 0 Å². The molecule has 1 amide bonds. The van der Waals surface area contributed by atoms with Gasteiger partial charge >= 0.3 is 0 Å². The largest absolute Gasteiger partial charge is 0.395 e. The molecule has 0 heterocycles. The van der Waals surface area contributed by atoms with Crippen LogP contribution in [0.15, 0.2) is 0 Å². The van der Waals surface area contributed by atoms with Gasteiger partial charge in [0.05, 0.1) is 6.61 Å². The van der Waals surface area contributed by atoms with Crippen LogP contribution < -0.4 is 0 Å². The number of amides is 1. The molecule has 0 aromatic heterocycles. The Labute approximate surface area is 111 Å². The van der Waals surface area contributed by atoms with Crippen molar-refractivity contribution >= 4 is 5.91 Å². The Balaban J connectivity index is 2.05. The number of aliphatic hydroxyl groups is 1. The molecule has 18 heavy (non-hydrogen) atoms. The van der Waals surface area contributed by atoms with Gasteiger partial charge < -0.3 is 10.0 Å². The zero-order chi connectivity index (χ0) is 13.0. The highest BCUT2D eigenvalue weighted by molar-refractivity contribution is 5.83. The molecule has 0 saturated heterocycles. The van der Waals surface area contributed by atoms with Crippen molar-refractivity contribution in [3.05, 3.63) is 0 Å². The first-order valence-corrected chi connectivity index (χ1v) is 7.59. The second kappa shape index (κ2) is 6.05. The molecule has 0 unspecified atom stereocenters. The van der Waals surface area contributed by atoms with Crippen molar-refractivity contribution < 1.29 is 9.90 Å². The lowest BCUT2D eigenvalue weighted by Gasteiger charge is -2.39. The summed E-state index contributed by atoms with van der Waals surface area (Å²) in [4.78, 5) is 14.8. The average molecular weight is 253 g/mol. The Kier molecular flexibility index (Phi) is 4.66. The summed E-state index contributed by atoms with van der Waals surface area (Å²) >= 11 is 0. The van der Waals surface area contributed by atoms with Crippen LogP contribution in [0.1, 0.15) is 64.7 Å². The number of carbonyl (C=O) groups excluding carboxylic acids is 1. The zero-order valence-electron chi connectivity index (χ0n) is 11.7. The van der Waals surface area contributed by atoms with Gasteiger partial charge in [-0.15, -0.1) is 0 Å². The van der Waals surface area contributed by atoms with Crippen LogP contribution in [-0.2, 0) is 4.79 Å². The fourth-order valence-corrected chi connectivity index (χ4v) is 3.67. The van der Waals surface area contributed by atoms with Crippen molar-refractivity contribution in [3.63, 3.8) is 0 Å². The predicted molar refractivity (Wildman–Crippen MR) is 72.2 cm³/mol. The van der Waals surface area contributed by atoms with Gasteiger partial charge in [0.2, 0.25) is 5.91 Å². The molecule has 3 nitrogen and oxygen atoms in total. The highest BCUT2D eigenvalue weighted by Gasteiger charge is 2.40. The van der Waals surface area contributed by atoms with Crippen LogP contribution in [0.5, 0.6) is 0 Å². The van der Waals surface area contributed by atoms with Crippen molar-refractivity contribution in [2.45, 2.75) is 70.8 Å². The molecule has 104 valence electrons. The molecule has 1 N–H and O–H groups in total. The van der Waals surface area contributed by atoms with Gasteiger partial charge in [-0.2, -0.15) is 0 Å². The van der Waals surface area contributed by atoms with E-state index in [0.717, 1.165) is 25.7 Å². The minimum atomic E-state index is -0.146. The third-order valence-corrected chi connectivity index (χ3v) is 4.84. The summed E-state index contributed by atoms with van der Waals surface area (Å²) in [5.41, 5.74) is -0.146. The van der Waals surface area contributed by atoms with E-state index in [9.17, 15) is 9.90 Å². The van der Waals surface area contributed by atoms with Gasteiger partial charge in [0, 0.05) is 18.0 Å². The average Bonchev–Trinajstić information content (AvgIpc) is 2.84. The molecule has 2 fully saturated rings. The predicted octanol–water partition coefficient (Wildman–Crippen LogP) is 2.72. The van der Waals surface area contributed by atoms with Crippen LogP contribution in [0.25, 0.3) is 0 Å². The van der Waals surface area contributed by atoms with E-state index in [-0.39, 0.29) is 12.0 Å². The van der Waals surface area contributed by atoms with Crippen LogP contribution in [0, 0.1) is 5.41 Å². The van der Waals surface area contributed by atoms with Gasteiger partial charge in [-0.3, -0.25) is 4.79 Å². The van der Waals surface area contributed by atoms with Crippen LogP contribution in [0.3, 0.4) is 0 Å². The Morgan fingerprint density at radius 3 is 2.33 bits per heavy atom. The summed E-state index contributed by atoms with van der Waals surface area (Å²) in [6, 6.07) is 0.385. The number of hydrogen-bond acceptors (Lipinski definition) is 2. The van der Waals surface area contributed by atoms with E-state index in [1.165, 1.54) is 32.1 Å². The molecule has 2 saturated carbocycles. The monoisotopic (exact) mass is 253 g/mol. The van der Waals surface area contributed by atoms with Crippen LogP contribution in [0.4, 0.5) is 0 Å². The van der Waals surface area contributed by atoms with Gasteiger partial charge in [0.1, 0.15) is 0 Å². The van der Waals surface area contributed by atoms with Gasteiger partial charge in [-0.25, -0.2) is 0 Å². The highest BCUT2D eigenvalue weighted by Crippen LogP contribution is 2.40. The molecule has 0 aromatic rings. The molecule has 0 radical (unpaired) electrons. The topological polar surface area (TPSA) is 40.5 Å². The van der Waals surface area contributed by atoms with Crippen molar-refractivity contribution in [1.82, 2.24) is 4.90 Å². The minimum absolute atomic E-state index is 0.0956. The number of rotatable bonds is 4. The summed E-state index contributed by atoms with van der Waals surface area (Å²) in [5.74, 6) is 0.306. The van der Waals surface area contributed by atoms with Gasteiger partial charge in [-0.1, -0.05) is 39.0 Å². The van der Waals surface area contributed by atoms with E-state index in [1.807, 2.05) is 4.90 Å². The molecule has 0 aliphatic heterocycles. The fraction of sp³-hybridized carbons (Fsp3) is 0.933. The third kappa shape index (κ3) is 2.87. The van der Waals surface area contributed by atoms with E-state index in [4.69, 9.17) is 0 Å². The Morgan fingerprint density at radius 1 is 1.17 bits per heavy atom. The molecular weight excluding hydrogens is 226 g/mol. The smallest absolute Gasteiger partial charge is 0.228 e. The van der Waals surface area contributed by atoms with E-state index in [1.54, 1.807) is 0 Å². The Bertz CT molecular complexity index is 278. The standard InChI is InChI=1S/C15H27NO2/c1-15(9-5-6-10-15)14(18)16(11-12-17)13-7-3-2-4-8-13/h13,17H,2-12H2,1H3. The second-order valence-electron chi connectivity index (χ2n) is 6.28. The third-order valence-electron chi connectivity index (χ3n) is 4.84. The summed E-state index contributed by atoms with van der Waals surface area (Å²) in [5, 5.41) is 9.25. The number of carbonyl (C=O) groups is 1. The maximum atomic E-state index is 12.8. The van der Waals surface area contributed by atoms with Crippen molar-refractivity contribution in [2.24, 2.45) is 5.41 Å². The molecule has 2 aliphatic carbocycles. The molecule has 0 atom stereocenters. The maximum Gasteiger partial charge on any atom is 0.228 e. The van der Waals surface area contributed by atoms with Crippen LogP contribution in [-0.4, -0.2) is 35.1 Å². The SMILES string of the molecule is CC1(C(=O)N(CCO)C2CCCCC2)CCCC1. The Morgan fingerprint density at radius 2 is 1.78 bits per heavy atom. The summed E-state index contributed by atoms with van der Waals surface area (Å²) < 4.78 is 0. The number of nitrogens with zero attached hydrogens (tertiary/aromatic N) is 1. The normalized spacial score (nSPS) is 24.1. The lowest BCUT2D eigenvalue weighted by molar-refractivity contribution is -0.144. The maximum absolute atomic E-state index is 12.8. The molecule has 0 aromatic carbocycles. The van der Waals surface area contributed by atoms with E-state index in [2.05, 4.69) is 6.92 Å². The van der Waals surface area contributed by atoms with Gasteiger partial charge in [0.15, 0.2) is 0 Å². The number of hydrogen-bond donors (Lipinski definition) is 1. The first kappa shape index (κ1) is 13.9. The lowest BCUT2D eigenvalue weighted by Crippen LogP contribution is -2.48. The molecular formula is C15H27NO2. The number of aliphatic hydroxyl groups excluding tert-OH is 1. The summed E-state index contributed by atoms with van der Waals surface area (Å²) in [7, 11) is 0. The van der Waals surface area contributed by atoms with Gasteiger partial charge in [-0.05, 0) is 25.7 Å². The van der Waals surface area contributed by atoms with Crippen molar-refractivity contribution in [3.8, 4) is 0 Å².